The third-order valence-corrected chi connectivity index (χ3v) is 17.1. The van der Waals surface area contributed by atoms with Crippen molar-refractivity contribution in [2.45, 2.75) is 126 Å². The molecule has 6 atom stereocenters. The average molecular weight is 1030 g/mol. The molecule has 0 bridgehead atoms. The van der Waals surface area contributed by atoms with E-state index in [-0.39, 0.29) is 22.7 Å². The molecule has 4 aromatic carbocycles. The Hall–Kier alpha value is -4.92. The molecule has 0 radical (unpaired) electrons. The topological polar surface area (TPSA) is 112 Å². The second-order valence-corrected chi connectivity index (χ2v) is 21.8. The molecule has 0 amide bonds. The lowest BCUT2D eigenvalue weighted by atomic mass is 9.53. The van der Waals surface area contributed by atoms with Crippen LogP contribution in [0.1, 0.15) is 111 Å². The molecule has 2 fully saturated rings. The highest BCUT2D eigenvalue weighted by atomic mass is 16.5. The van der Waals surface area contributed by atoms with E-state index in [2.05, 4.69) is 118 Å². The summed E-state index contributed by atoms with van der Waals surface area (Å²) in [7, 11) is 6.95. The number of ether oxygens (including phenoxy) is 7. The summed E-state index contributed by atoms with van der Waals surface area (Å²) in [6.45, 7) is 12.5. The molecule has 4 aliphatic carbocycles. The molecule has 0 saturated heterocycles. The third kappa shape index (κ3) is 14.0. The second kappa shape index (κ2) is 26.4. The highest BCUT2D eigenvalue weighted by Gasteiger charge is 2.53. The van der Waals surface area contributed by atoms with Gasteiger partial charge in [-0.15, -0.1) is 11.8 Å². The SMILES string of the molecule is CC#CC1(O)CCC2(CCOc3ccc(CN(CCOC)CCOC)cc3)c3ccc(Oc4ccc5c(c4)CCC4CC(O)(C#CC)CCC54CCOc4ccc(CN(CCOC)CCOC)cc4)cc3CCC2C1. The van der Waals surface area contributed by atoms with Gasteiger partial charge in [-0.3, -0.25) is 9.80 Å². The highest BCUT2D eigenvalue weighted by molar-refractivity contribution is 5.48. The number of benzene rings is 4. The van der Waals surface area contributed by atoms with E-state index in [9.17, 15) is 10.2 Å². The Morgan fingerprint density at radius 3 is 1.23 bits per heavy atom. The Morgan fingerprint density at radius 2 is 0.867 bits per heavy atom. The van der Waals surface area contributed by atoms with E-state index in [0.717, 1.165) is 114 Å². The molecule has 404 valence electrons. The van der Waals surface area contributed by atoms with Crippen molar-refractivity contribution in [1.82, 2.24) is 9.80 Å². The maximum Gasteiger partial charge on any atom is 0.127 e. The summed E-state index contributed by atoms with van der Waals surface area (Å²) in [5.74, 6) is 16.4. The number of rotatable bonds is 26. The first kappa shape index (κ1) is 56.3. The normalized spacial score (nSPS) is 24.7. The van der Waals surface area contributed by atoms with Crippen molar-refractivity contribution in [1.29, 1.82) is 0 Å². The fourth-order valence-corrected chi connectivity index (χ4v) is 13.2. The Bertz CT molecular complexity index is 2390. The molecular formula is C64H84N2O9. The van der Waals surface area contributed by atoms with E-state index in [0.29, 0.717) is 65.3 Å². The van der Waals surface area contributed by atoms with Gasteiger partial charge in [0.25, 0.3) is 0 Å². The van der Waals surface area contributed by atoms with Crippen LogP contribution < -0.4 is 14.2 Å². The third-order valence-electron chi connectivity index (χ3n) is 17.1. The van der Waals surface area contributed by atoms with Crippen LogP contribution in [-0.2, 0) is 55.7 Å². The summed E-state index contributed by atoms with van der Waals surface area (Å²) in [6, 6.07) is 30.4. The molecule has 11 nitrogen and oxygen atoms in total. The number of aliphatic hydroxyl groups is 2. The molecule has 6 unspecified atom stereocenters. The lowest BCUT2D eigenvalue weighted by molar-refractivity contribution is -0.0144. The maximum atomic E-state index is 11.7. The van der Waals surface area contributed by atoms with Gasteiger partial charge in [0.1, 0.15) is 34.2 Å². The van der Waals surface area contributed by atoms with Crippen LogP contribution in [0.15, 0.2) is 84.9 Å². The van der Waals surface area contributed by atoms with Gasteiger partial charge in [-0.25, -0.2) is 0 Å². The lowest BCUT2D eigenvalue weighted by Crippen LogP contribution is -2.50. The molecule has 0 heterocycles. The van der Waals surface area contributed by atoms with Crippen molar-refractivity contribution < 1.29 is 43.4 Å². The van der Waals surface area contributed by atoms with Crippen molar-refractivity contribution in [3.63, 3.8) is 0 Å². The Labute approximate surface area is 448 Å². The van der Waals surface area contributed by atoms with Gasteiger partial charge in [-0.2, -0.15) is 0 Å². The van der Waals surface area contributed by atoms with Crippen molar-refractivity contribution in [2.24, 2.45) is 11.8 Å². The molecule has 2 N–H and O–H groups in total. The molecule has 4 aliphatic rings. The van der Waals surface area contributed by atoms with Crippen LogP contribution in [0, 0.1) is 35.5 Å². The number of methoxy groups -OCH3 is 4. The number of fused-ring (bicyclic) bond motifs is 6. The molecule has 2 saturated carbocycles. The molecule has 75 heavy (non-hydrogen) atoms. The predicted molar refractivity (Wildman–Crippen MR) is 296 cm³/mol. The molecule has 8 rings (SSSR count). The van der Waals surface area contributed by atoms with Crippen LogP contribution in [0.2, 0.25) is 0 Å². The van der Waals surface area contributed by atoms with Gasteiger partial charge in [0.2, 0.25) is 0 Å². The van der Waals surface area contributed by atoms with E-state index in [1.807, 2.05) is 13.8 Å². The molecular weight excluding hydrogens is 941 g/mol. The molecule has 0 aliphatic heterocycles. The Morgan fingerprint density at radius 1 is 0.493 bits per heavy atom. The van der Waals surface area contributed by atoms with Crippen LogP contribution in [-0.4, -0.2) is 125 Å². The average Bonchev–Trinajstić information content (AvgIpc) is 3.41. The van der Waals surface area contributed by atoms with E-state index < -0.39 is 11.2 Å². The summed E-state index contributed by atoms with van der Waals surface area (Å²) in [6.07, 6.45) is 9.75. The first-order valence-corrected chi connectivity index (χ1v) is 27.6. The Kier molecular flexibility index (Phi) is 19.8. The van der Waals surface area contributed by atoms with Crippen LogP contribution in [0.4, 0.5) is 0 Å². The fraction of sp³-hybridized carbons (Fsp3) is 0.562. The van der Waals surface area contributed by atoms with Gasteiger partial charge in [-0.1, -0.05) is 48.2 Å². The van der Waals surface area contributed by atoms with Gasteiger partial charge < -0.3 is 43.4 Å². The second-order valence-electron chi connectivity index (χ2n) is 21.8. The monoisotopic (exact) mass is 1020 g/mol. The van der Waals surface area contributed by atoms with Gasteiger partial charge in [0.05, 0.1) is 39.6 Å². The largest absolute Gasteiger partial charge is 0.494 e. The van der Waals surface area contributed by atoms with Gasteiger partial charge in [0, 0.05) is 78.5 Å². The quantitative estimate of drug-likeness (QED) is 0.0587. The van der Waals surface area contributed by atoms with Gasteiger partial charge in [-0.05, 0) is 185 Å². The number of nitrogens with zero attached hydrogens (tertiary/aromatic N) is 2. The molecule has 0 aromatic heterocycles. The summed E-state index contributed by atoms with van der Waals surface area (Å²) < 4.78 is 41.3. The maximum absolute atomic E-state index is 11.7. The van der Waals surface area contributed by atoms with Gasteiger partial charge in [0.15, 0.2) is 0 Å². The van der Waals surface area contributed by atoms with Crippen LogP contribution in [0.5, 0.6) is 23.0 Å². The minimum absolute atomic E-state index is 0.147. The number of aryl methyl sites for hydroxylation is 2. The van der Waals surface area contributed by atoms with Crippen molar-refractivity contribution >= 4 is 0 Å². The molecule has 4 aromatic rings. The minimum Gasteiger partial charge on any atom is -0.494 e. The van der Waals surface area contributed by atoms with E-state index in [1.165, 1.54) is 33.4 Å². The van der Waals surface area contributed by atoms with Crippen molar-refractivity contribution in [2.75, 3.05) is 94.3 Å². The number of hydrogen-bond acceptors (Lipinski definition) is 11. The standard InChI is InChI=1S/C64H84N2O9/c1-7-25-61(67)27-29-63(31-37-73-55-17-9-49(10-18-55)47-65(33-39-69-3)34-40-70-4)53(45-61)15-13-51-43-57(21-23-59(51)63)75-58-22-24-60-52(44-58)14-16-54-46-62(68,26-8-2)28-30-64(54,60)32-38-74-56-19-11-50(12-20-56)48-66(35-41-71-5)36-42-72-6/h9-12,17-24,43-44,53-54,67-68H,13-16,27-42,45-48H2,1-6H3. The predicted octanol–water partition coefficient (Wildman–Crippen LogP) is 10.1. The fourth-order valence-electron chi connectivity index (χ4n) is 13.2. The summed E-state index contributed by atoms with van der Waals surface area (Å²) in [5.41, 5.74) is 5.56. The minimum atomic E-state index is -0.967. The smallest absolute Gasteiger partial charge is 0.127 e. The van der Waals surface area contributed by atoms with Gasteiger partial charge >= 0.3 is 0 Å². The van der Waals surface area contributed by atoms with Crippen LogP contribution >= 0.6 is 0 Å². The van der Waals surface area contributed by atoms with E-state index in [1.54, 1.807) is 28.4 Å². The first-order chi connectivity index (χ1) is 36.5. The van der Waals surface area contributed by atoms with Crippen molar-refractivity contribution in [3.05, 3.63) is 118 Å². The highest BCUT2D eigenvalue weighted by Crippen LogP contribution is 2.57. The first-order valence-electron chi connectivity index (χ1n) is 27.6. The Balaban J connectivity index is 0.962. The number of hydrogen-bond donors (Lipinski definition) is 2. The van der Waals surface area contributed by atoms with Crippen LogP contribution in [0.3, 0.4) is 0 Å². The summed E-state index contributed by atoms with van der Waals surface area (Å²) >= 11 is 0. The summed E-state index contributed by atoms with van der Waals surface area (Å²) in [5, 5.41) is 23.3. The zero-order chi connectivity index (χ0) is 52.7. The van der Waals surface area contributed by atoms with Crippen molar-refractivity contribution in [3.8, 4) is 46.7 Å². The zero-order valence-electron chi connectivity index (χ0n) is 45.9. The molecule has 0 spiro atoms. The van der Waals surface area contributed by atoms with E-state index >= 15 is 0 Å². The van der Waals surface area contributed by atoms with Crippen LogP contribution in [0.25, 0.3) is 0 Å². The molecule has 11 heteroatoms. The zero-order valence-corrected chi connectivity index (χ0v) is 45.9. The van der Waals surface area contributed by atoms with E-state index in [4.69, 9.17) is 33.2 Å². The lowest BCUT2D eigenvalue weighted by Gasteiger charge is -2.52. The summed E-state index contributed by atoms with van der Waals surface area (Å²) in [4.78, 5) is 4.69.